The molecule has 0 unspecified atom stereocenters. The van der Waals surface area contributed by atoms with Gasteiger partial charge in [0.15, 0.2) is 0 Å². The number of hydrogen-bond acceptors (Lipinski definition) is 2. The van der Waals surface area contributed by atoms with Gasteiger partial charge in [-0.05, 0) is 0 Å². The van der Waals surface area contributed by atoms with E-state index in [2.05, 4.69) is 57.3 Å². The molecule has 4 heteroatoms. The molecule has 0 nitrogen and oxygen atoms in total. The van der Waals surface area contributed by atoms with Gasteiger partial charge in [0, 0.05) is 0 Å². The van der Waals surface area contributed by atoms with Gasteiger partial charge >= 0.3 is 122 Å². The van der Waals surface area contributed by atoms with Gasteiger partial charge in [-0.2, -0.15) is 0 Å². The van der Waals surface area contributed by atoms with Gasteiger partial charge in [-0.3, -0.25) is 0 Å². The van der Waals surface area contributed by atoms with Crippen LogP contribution >= 0.6 is 19.1 Å². The van der Waals surface area contributed by atoms with E-state index in [1.807, 2.05) is 10.3 Å². The van der Waals surface area contributed by atoms with Crippen molar-refractivity contribution in [1.82, 2.24) is 0 Å². The molecule has 0 N–H and O–H groups in total. The number of fused-ring (bicyclic) bond motifs is 3. The van der Waals surface area contributed by atoms with E-state index in [9.17, 15) is 0 Å². The van der Waals surface area contributed by atoms with E-state index in [0.29, 0.717) is 12.6 Å². The van der Waals surface area contributed by atoms with Crippen molar-refractivity contribution in [2.45, 2.75) is 0 Å². The second-order valence-corrected chi connectivity index (χ2v) is 16.9. The van der Waals surface area contributed by atoms with Gasteiger partial charge in [-0.15, -0.1) is 0 Å². The summed E-state index contributed by atoms with van der Waals surface area (Å²) >= 11 is 1.48. The van der Waals surface area contributed by atoms with Crippen LogP contribution in [0.2, 0.25) is 0 Å². The van der Waals surface area contributed by atoms with Crippen LogP contribution in [0.15, 0.2) is 48.5 Å². The van der Waals surface area contributed by atoms with Crippen LogP contribution in [0.4, 0.5) is 0 Å². The third-order valence-corrected chi connectivity index (χ3v) is 18.4. The average molecular weight is 398 g/mol. The third-order valence-electron chi connectivity index (χ3n) is 3.04. The summed E-state index contributed by atoms with van der Waals surface area (Å²) in [5.74, 6) is 0. The minimum absolute atomic E-state index is 0.706. The van der Waals surface area contributed by atoms with Crippen LogP contribution in [0, 0.1) is 0 Å². The van der Waals surface area contributed by atoms with E-state index >= 15 is 0 Å². The number of hydrogen-bond donors (Lipinski definition) is 0. The molecule has 1 aromatic heterocycles. The second kappa shape index (κ2) is 4.64. The zero-order valence-corrected chi connectivity index (χ0v) is 14.3. The molecule has 4 aromatic rings. The van der Waals surface area contributed by atoms with Gasteiger partial charge in [-0.1, -0.05) is 0 Å². The fourth-order valence-electron chi connectivity index (χ4n) is 2.18. The van der Waals surface area contributed by atoms with Crippen LogP contribution in [0.25, 0.3) is 30.5 Å². The Morgan fingerprint density at radius 1 is 0.778 bits per heavy atom. The average Bonchev–Trinajstić information content (AvgIpc) is 2.42. The number of benzene rings is 3. The summed E-state index contributed by atoms with van der Waals surface area (Å²) < 4.78 is 3.10. The first-order valence-electron chi connectivity index (χ1n) is 5.54. The molecule has 0 radical (unpaired) electrons. The van der Waals surface area contributed by atoms with Crippen molar-refractivity contribution in [1.29, 1.82) is 0 Å². The Morgan fingerprint density at radius 2 is 1.50 bits per heavy atom. The SMILES string of the molecule is c1ccc2cc3cc4[se][se]ssc4cc3cc2c1. The van der Waals surface area contributed by atoms with Crippen LogP contribution in [-0.4, -0.2) is 24.1 Å². The molecule has 4 rings (SSSR count). The van der Waals surface area contributed by atoms with Gasteiger partial charge in [0.05, 0.1) is 0 Å². The van der Waals surface area contributed by atoms with Crippen LogP contribution in [0.5, 0.6) is 0 Å². The van der Waals surface area contributed by atoms with Crippen LogP contribution in [0.3, 0.4) is 0 Å². The third kappa shape index (κ3) is 1.94. The van der Waals surface area contributed by atoms with Crippen molar-refractivity contribution in [3.8, 4) is 0 Å². The van der Waals surface area contributed by atoms with Crippen molar-refractivity contribution in [3.63, 3.8) is 0 Å². The Bertz CT molecular complexity index is 746. The maximum atomic E-state index is 2.42. The Kier molecular flexibility index (Phi) is 2.96. The summed E-state index contributed by atoms with van der Waals surface area (Å²) in [5.41, 5.74) is 0. The molecule has 0 amide bonds. The summed E-state index contributed by atoms with van der Waals surface area (Å²) in [5, 5.41) is 5.47. The zero-order valence-electron chi connectivity index (χ0n) is 9.25. The van der Waals surface area contributed by atoms with E-state index in [1.54, 1.807) is 4.26 Å². The van der Waals surface area contributed by atoms with Crippen molar-refractivity contribution >= 4 is 73.7 Å². The van der Waals surface area contributed by atoms with E-state index < -0.39 is 0 Å². The van der Waals surface area contributed by atoms with Gasteiger partial charge < -0.3 is 0 Å². The summed E-state index contributed by atoms with van der Waals surface area (Å²) in [7, 11) is 4.03. The molecule has 88 valence electrons. The normalized spacial score (nSPS) is 11.3. The van der Waals surface area contributed by atoms with Crippen molar-refractivity contribution in [3.05, 3.63) is 48.5 Å². The minimum atomic E-state index is 0.706. The molecule has 0 saturated heterocycles. The Morgan fingerprint density at radius 3 is 2.28 bits per heavy atom. The molecular weight excluding hydrogens is 390 g/mol. The molecule has 18 heavy (non-hydrogen) atoms. The maximum absolute atomic E-state index is 2.42. The summed E-state index contributed by atoms with van der Waals surface area (Å²) in [4.78, 5) is 0. The monoisotopic (exact) mass is 400 g/mol. The second-order valence-electron chi connectivity index (χ2n) is 4.15. The van der Waals surface area contributed by atoms with Crippen LogP contribution < -0.4 is 0 Å². The molecule has 0 aliphatic heterocycles. The van der Waals surface area contributed by atoms with E-state index in [4.69, 9.17) is 0 Å². The molecular formula is C14H8S2Se2. The molecule has 0 saturated carbocycles. The molecule has 3 aromatic carbocycles. The van der Waals surface area contributed by atoms with Gasteiger partial charge in [0.1, 0.15) is 0 Å². The molecule has 0 bridgehead atoms. The van der Waals surface area contributed by atoms with Gasteiger partial charge in [0.25, 0.3) is 0 Å². The van der Waals surface area contributed by atoms with Gasteiger partial charge in [-0.25, -0.2) is 0 Å². The predicted molar refractivity (Wildman–Crippen MR) is 86.2 cm³/mol. The number of rotatable bonds is 0. The Hall–Kier alpha value is -0.341. The summed E-state index contributed by atoms with van der Waals surface area (Å²) in [6.45, 7) is 0. The van der Waals surface area contributed by atoms with Crippen LogP contribution in [0.1, 0.15) is 0 Å². The van der Waals surface area contributed by atoms with Crippen molar-refractivity contribution in [2.75, 3.05) is 0 Å². The first kappa shape index (κ1) is 11.5. The molecule has 0 aliphatic carbocycles. The van der Waals surface area contributed by atoms with E-state index in [-0.39, 0.29) is 0 Å². The Balaban J connectivity index is 2.20. The van der Waals surface area contributed by atoms with Gasteiger partial charge in [0.2, 0.25) is 0 Å². The fraction of sp³-hybridized carbons (Fsp3) is 0. The molecule has 0 fully saturated rings. The quantitative estimate of drug-likeness (QED) is 0.232. The standard InChI is InChI=1S/C14H8S2Se2/c1-2-4-10-6-12-8-14-13(15-16-18-17-14)7-11(12)5-9(10)3-1/h1-8H. The van der Waals surface area contributed by atoms with Crippen LogP contribution in [-0.2, 0) is 0 Å². The summed E-state index contributed by atoms with van der Waals surface area (Å²) in [6, 6.07) is 18.1. The predicted octanol–water partition coefficient (Wildman–Crippen LogP) is 4.51. The first-order chi connectivity index (χ1) is 8.90. The van der Waals surface area contributed by atoms with Crippen molar-refractivity contribution in [2.24, 2.45) is 0 Å². The zero-order chi connectivity index (χ0) is 11.9. The molecule has 0 aliphatic rings. The topological polar surface area (TPSA) is 0 Å². The van der Waals surface area contributed by atoms with E-state index in [0.717, 1.165) is 11.5 Å². The Labute approximate surface area is 121 Å². The van der Waals surface area contributed by atoms with E-state index in [1.165, 1.54) is 26.2 Å². The first-order valence-corrected chi connectivity index (χ1v) is 14.9. The molecule has 1 heterocycles. The molecule has 0 atom stereocenters. The fourth-order valence-corrected chi connectivity index (χ4v) is 17.9. The summed E-state index contributed by atoms with van der Waals surface area (Å²) in [6.07, 6.45) is 0. The molecule has 0 spiro atoms. The van der Waals surface area contributed by atoms with Crippen molar-refractivity contribution < 1.29 is 0 Å².